The van der Waals surface area contributed by atoms with Gasteiger partial charge in [0, 0.05) is 23.7 Å². The van der Waals surface area contributed by atoms with E-state index in [1.807, 2.05) is 25.1 Å². The van der Waals surface area contributed by atoms with Crippen molar-refractivity contribution in [1.82, 2.24) is 9.71 Å². The number of ether oxygens (including phenoxy) is 2. The third-order valence-electron chi connectivity index (χ3n) is 4.19. The van der Waals surface area contributed by atoms with Gasteiger partial charge in [-0.15, -0.1) is 0 Å². The van der Waals surface area contributed by atoms with Crippen molar-refractivity contribution in [2.75, 3.05) is 14.2 Å². The molecule has 3 aromatic rings. The summed E-state index contributed by atoms with van der Waals surface area (Å²) in [7, 11) is -0.933. The monoisotopic (exact) mass is 388 g/mol. The van der Waals surface area contributed by atoms with Crippen molar-refractivity contribution >= 4 is 20.9 Å². The molecule has 8 heteroatoms. The van der Waals surface area contributed by atoms with Gasteiger partial charge in [-0.25, -0.2) is 13.1 Å². The molecule has 2 N–H and O–H groups in total. The average Bonchev–Trinajstić information content (AvgIpc) is 2.66. The minimum absolute atomic E-state index is 0.0215. The maximum absolute atomic E-state index is 12.6. The first kappa shape index (κ1) is 18.9. The first-order valence-corrected chi connectivity index (χ1v) is 9.66. The number of nitrogens with one attached hydrogen (secondary N) is 2. The summed E-state index contributed by atoms with van der Waals surface area (Å²) in [4.78, 5) is 15.0. The largest absolute Gasteiger partial charge is 0.493 e. The molecule has 1 aromatic heterocycles. The van der Waals surface area contributed by atoms with Gasteiger partial charge in [-0.1, -0.05) is 11.6 Å². The van der Waals surface area contributed by atoms with E-state index in [-0.39, 0.29) is 17.0 Å². The van der Waals surface area contributed by atoms with Gasteiger partial charge in [0.05, 0.1) is 19.1 Å². The van der Waals surface area contributed by atoms with Crippen LogP contribution in [0.25, 0.3) is 10.9 Å². The number of sulfonamides is 1. The lowest BCUT2D eigenvalue weighted by Gasteiger charge is -2.11. The molecule has 0 amide bonds. The SMILES string of the molecule is COc1ccc(S(=O)(=O)NCc2cc3cc(C)ccc3[nH]c2=O)cc1OC. The Balaban J connectivity index is 1.88. The smallest absolute Gasteiger partial charge is 0.252 e. The van der Waals surface area contributed by atoms with Crippen molar-refractivity contribution < 1.29 is 17.9 Å². The predicted octanol–water partition coefficient (Wildman–Crippen LogP) is 2.33. The zero-order valence-corrected chi connectivity index (χ0v) is 16.0. The predicted molar refractivity (Wildman–Crippen MR) is 103 cm³/mol. The minimum atomic E-state index is -3.83. The highest BCUT2D eigenvalue weighted by Gasteiger charge is 2.17. The number of hydrogen-bond acceptors (Lipinski definition) is 5. The number of rotatable bonds is 6. The van der Waals surface area contributed by atoms with Crippen LogP contribution in [0.4, 0.5) is 0 Å². The van der Waals surface area contributed by atoms with E-state index in [0.29, 0.717) is 22.6 Å². The summed E-state index contributed by atoms with van der Waals surface area (Å²) < 4.78 is 37.9. The highest BCUT2D eigenvalue weighted by molar-refractivity contribution is 7.89. The Labute approximate surface area is 157 Å². The van der Waals surface area contributed by atoms with Crippen molar-refractivity contribution in [1.29, 1.82) is 0 Å². The van der Waals surface area contributed by atoms with Crippen LogP contribution in [0.3, 0.4) is 0 Å². The molecule has 0 bridgehead atoms. The van der Waals surface area contributed by atoms with Crippen LogP contribution < -0.4 is 19.8 Å². The number of pyridine rings is 1. The molecule has 0 radical (unpaired) electrons. The van der Waals surface area contributed by atoms with Gasteiger partial charge in [-0.05, 0) is 42.6 Å². The number of aromatic amines is 1. The maximum Gasteiger partial charge on any atom is 0.252 e. The van der Waals surface area contributed by atoms with Crippen LogP contribution in [-0.2, 0) is 16.6 Å². The van der Waals surface area contributed by atoms with Crippen LogP contribution >= 0.6 is 0 Å². The van der Waals surface area contributed by atoms with Gasteiger partial charge in [0.2, 0.25) is 10.0 Å². The highest BCUT2D eigenvalue weighted by atomic mass is 32.2. The van der Waals surface area contributed by atoms with E-state index in [0.717, 1.165) is 10.9 Å². The Bertz CT molecular complexity index is 1150. The van der Waals surface area contributed by atoms with Crippen LogP contribution in [0.5, 0.6) is 11.5 Å². The van der Waals surface area contributed by atoms with E-state index in [9.17, 15) is 13.2 Å². The van der Waals surface area contributed by atoms with Crippen molar-refractivity contribution in [3.8, 4) is 11.5 Å². The third kappa shape index (κ3) is 3.96. The summed E-state index contributed by atoms with van der Waals surface area (Å²) in [5.41, 5.74) is 1.75. The zero-order chi connectivity index (χ0) is 19.6. The summed E-state index contributed by atoms with van der Waals surface area (Å²) in [5, 5.41) is 0.843. The molecule has 2 aromatic carbocycles. The molecular weight excluding hydrogens is 368 g/mol. The Hall–Kier alpha value is -2.84. The molecule has 7 nitrogen and oxygen atoms in total. The van der Waals surface area contributed by atoms with Crippen LogP contribution in [0.15, 0.2) is 52.2 Å². The molecule has 27 heavy (non-hydrogen) atoms. The number of aromatic nitrogens is 1. The molecule has 0 fully saturated rings. The second-order valence-corrected chi connectivity index (χ2v) is 7.82. The molecule has 0 saturated carbocycles. The Morgan fingerprint density at radius 1 is 1.00 bits per heavy atom. The topological polar surface area (TPSA) is 97.5 Å². The Morgan fingerprint density at radius 3 is 2.44 bits per heavy atom. The normalized spacial score (nSPS) is 11.5. The molecule has 0 spiro atoms. The van der Waals surface area contributed by atoms with Crippen molar-refractivity contribution in [3.63, 3.8) is 0 Å². The van der Waals surface area contributed by atoms with Gasteiger partial charge >= 0.3 is 0 Å². The van der Waals surface area contributed by atoms with E-state index in [1.54, 1.807) is 6.07 Å². The summed E-state index contributed by atoms with van der Waals surface area (Å²) >= 11 is 0. The Kier molecular flexibility index (Phi) is 5.20. The van der Waals surface area contributed by atoms with Gasteiger partial charge < -0.3 is 14.5 Å². The molecule has 0 saturated heterocycles. The molecule has 1 heterocycles. The summed E-state index contributed by atoms with van der Waals surface area (Å²) in [5.74, 6) is 0.734. The van der Waals surface area contributed by atoms with Crippen molar-refractivity contribution in [2.24, 2.45) is 0 Å². The second-order valence-electron chi connectivity index (χ2n) is 6.06. The number of benzene rings is 2. The number of methoxy groups -OCH3 is 2. The molecule has 0 atom stereocenters. The first-order chi connectivity index (χ1) is 12.8. The molecule has 0 aliphatic heterocycles. The standard InChI is InChI=1S/C19H20N2O5S/c1-12-4-6-16-13(8-12)9-14(19(22)21-16)11-20-27(23,24)15-5-7-17(25-2)18(10-15)26-3/h4-10,20H,11H2,1-3H3,(H,21,22). The maximum atomic E-state index is 12.6. The van der Waals surface area contributed by atoms with Gasteiger partial charge in [0.25, 0.3) is 5.56 Å². The fourth-order valence-corrected chi connectivity index (χ4v) is 3.76. The fourth-order valence-electron chi connectivity index (χ4n) is 2.74. The summed E-state index contributed by atoms with van der Waals surface area (Å²) in [6, 6.07) is 11.6. The molecule has 142 valence electrons. The molecule has 3 rings (SSSR count). The summed E-state index contributed by atoms with van der Waals surface area (Å²) in [6.45, 7) is 1.82. The first-order valence-electron chi connectivity index (χ1n) is 8.18. The number of fused-ring (bicyclic) bond motifs is 1. The lowest BCUT2D eigenvalue weighted by atomic mass is 10.1. The van der Waals surface area contributed by atoms with Gasteiger partial charge in [-0.3, -0.25) is 4.79 Å². The zero-order valence-electron chi connectivity index (χ0n) is 15.2. The van der Waals surface area contributed by atoms with E-state index < -0.39 is 10.0 Å². The van der Waals surface area contributed by atoms with Crippen LogP contribution in [0, 0.1) is 6.92 Å². The molecule has 0 aliphatic rings. The van der Waals surface area contributed by atoms with Crippen LogP contribution in [0.2, 0.25) is 0 Å². The molecule has 0 unspecified atom stereocenters. The number of aryl methyl sites for hydroxylation is 1. The molecular formula is C19H20N2O5S. The van der Waals surface area contributed by atoms with Gasteiger partial charge in [0.15, 0.2) is 11.5 Å². The lowest BCUT2D eigenvalue weighted by molar-refractivity contribution is 0.354. The third-order valence-corrected chi connectivity index (χ3v) is 5.59. The van der Waals surface area contributed by atoms with E-state index in [1.165, 1.54) is 32.4 Å². The molecule has 0 aliphatic carbocycles. The van der Waals surface area contributed by atoms with Crippen molar-refractivity contribution in [3.05, 3.63) is 63.9 Å². The van der Waals surface area contributed by atoms with Crippen molar-refractivity contribution in [2.45, 2.75) is 18.4 Å². The summed E-state index contributed by atoms with van der Waals surface area (Å²) in [6.07, 6.45) is 0. The second kappa shape index (κ2) is 7.42. The fraction of sp³-hybridized carbons (Fsp3) is 0.211. The van der Waals surface area contributed by atoms with E-state index in [4.69, 9.17) is 9.47 Å². The highest BCUT2D eigenvalue weighted by Crippen LogP contribution is 2.29. The van der Waals surface area contributed by atoms with E-state index in [2.05, 4.69) is 9.71 Å². The average molecular weight is 388 g/mol. The van der Waals surface area contributed by atoms with Crippen LogP contribution in [0.1, 0.15) is 11.1 Å². The Morgan fingerprint density at radius 2 is 1.74 bits per heavy atom. The van der Waals surface area contributed by atoms with E-state index >= 15 is 0 Å². The minimum Gasteiger partial charge on any atom is -0.493 e. The lowest BCUT2D eigenvalue weighted by Crippen LogP contribution is -2.27. The van der Waals surface area contributed by atoms with Gasteiger partial charge in [-0.2, -0.15) is 0 Å². The number of H-pyrrole nitrogens is 1. The quantitative estimate of drug-likeness (QED) is 0.675. The van der Waals surface area contributed by atoms with Crippen LogP contribution in [-0.4, -0.2) is 27.6 Å². The number of hydrogen-bond donors (Lipinski definition) is 2. The van der Waals surface area contributed by atoms with Gasteiger partial charge in [0.1, 0.15) is 0 Å².